The smallest absolute Gasteiger partial charge is 0.261 e. The molecular formula is C21H18N4O2. The van der Waals surface area contributed by atoms with E-state index in [0.29, 0.717) is 11.4 Å². The molecule has 1 amide bonds. The number of fused-ring (bicyclic) bond motifs is 1. The van der Waals surface area contributed by atoms with Crippen LogP contribution in [0.15, 0.2) is 71.8 Å². The lowest BCUT2D eigenvalue weighted by molar-refractivity contribution is 0.102. The highest BCUT2D eigenvalue weighted by Crippen LogP contribution is 2.19. The third-order valence-electron chi connectivity index (χ3n) is 4.46. The Kier molecular flexibility index (Phi) is 4.30. The van der Waals surface area contributed by atoms with Gasteiger partial charge in [-0.25, -0.2) is 4.98 Å². The zero-order valence-electron chi connectivity index (χ0n) is 14.8. The molecule has 0 spiro atoms. The number of aryl methyl sites for hydroxylation is 1. The second-order valence-corrected chi connectivity index (χ2v) is 6.17. The van der Waals surface area contributed by atoms with Crippen molar-refractivity contribution in [3.8, 4) is 11.3 Å². The number of rotatable bonds is 4. The largest absolute Gasteiger partial charge is 0.331 e. The standard InChI is InChI=1S/C21H18N4O2/c1-2-25-13-22-18-12-15(8-11-19(18)25)23-20(26)16-9-10-17(24-21(16)27)14-6-4-3-5-7-14/h3-13H,2H2,1H3,(H,23,26)(H,24,27). The van der Waals surface area contributed by atoms with Crippen LogP contribution < -0.4 is 10.9 Å². The Hall–Kier alpha value is -3.67. The molecule has 2 N–H and O–H groups in total. The van der Waals surface area contributed by atoms with Gasteiger partial charge in [0.25, 0.3) is 11.5 Å². The molecule has 0 saturated heterocycles. The van der Waals surface area contributed by atoms with Crippen molar-refractivity contribution in [3.63, 3.8) is 0 Å². The number of amides is 1. The molecule has 0 aliphatic heterocycles. The molecule has 6 nitrogen and oxygen atoms in total. The quantitative estimate of drug-likeness (QED) is 0.584. The predicted octanol–water partition coefficient (Wildman–Crippen LogP) is 3.66. The normalized spacial score (nSPS) is 10.9. The maximum absolute atomic E-state index is 12.5. The molecule has 0 radical (unpaired) electrons. The lowest BCUT2D eigenvalue weighted by Crippen LogP contribution is -2.23. The van der Waals surface area contributed by atoms with Gasteiger partial charge in [0, 0.05) is 17.9 Å². The zero-order chi connectivity index (χ0) is 18.8. The Morgan fingerprint density at radius 3 is 2.67 bits per heavy atom. The van der Waals surface area contributed by atoms with Crippen LogP contribution in [-0.2, 0) is 6.54 Å². The number of hydrogen-bond donors (Lipinski definition) is 2. The molecule has 2 aromatic carbocycles. The minimum Gasteiger partial charge on any atom is -0.331 e. The summed E-state index contributed by atoms with van der Waals surface area (Å²) in [6, 6.07) is 18.3. The summed E-state index contributed by atoms with van der Waals surface area (Å²) in [6.45, 7) is 2.87. The number of aromatic amines is 1. The van der Waals surface area contributed by atoms with Crippen molar-refractivity contribution >= 4 is 22.6 Å². The number of aromatic nitrogens is 3. The Bertz CT molecular complexity index is 1180. The van der Waals surface area contributed by atoms with Crippen molar-refractivity contribution in [2.75, 3.05) is 5.32 Å². The summed E-state index contributed by atoms with van der Waals surface area (Å²) in [6.07, 6.45) is 1.77. The summed E-state index contributed by atoms with van der Waals surface area (Å²) < 4.78 is 2.02. The summed E-state index contributed by atoms with van der Waals surface area (Å²) in [4.78, 5) is 32.0. The van der Waals surface area contributed by atoms with Crippen molar-refractivity contribution in [3.05, 3.63) is 82.9 Å². The number of carbonyl (C=O) groups excluding carboxylic acids is 1. The van der Waals surface area contributed by atoms with E-state index in [1.807, 2.05) is 47.9 Å². The third kappa shape index (κ3) is 3.25. The number of carbonyl (C=O) groups is 1. The minimum atomic E-state index is -0.454. The van der Waals surface area contributed by atoms with E-state index in [0.717, 1.165) is 23.1 Å². The highest BCUT2D eigenvalue weighted by Gasteiger charge is 2.12. The van der Waals surface area contributed by atoms with E-state index in [1.54, 1.807) is 30.6 Å². The van der Waals surface area contributed by atoms with Crippen LogP contribution in [0.5, 0.6) is 0 Å². The van der Waals surface area contributed by atoms with Crippen LogP contribution in [0, 0.1) is 0 Å². The molecule has 0 aliphatic rings. The molecule has 0 aliphatic carbocycles. The fourth-order valence-corrected chi connectivity index (χ4v) is 3.03. The van der Waals surface area contributed by atoms with E-state index >= 15 is 0 Å². The van der Waals surface area contributed by atoms with Gasteiger partial charge in [-0.15, -0.1) is 0 Å². The summed E-state index contributed by atoms with van der Waals surface area (Å²) in [5.41, 5.74) is 3.59. The molecule has 2 heterocycles. The maximum Gasteiger partial charge on any atom is 0.261 e. The molecule has 0 saturated carbocycles. The summed E-state index contributed by atoms with van der Waals surface area (Å²) in [5, 5.41) is 2.77. The number of anilines is 1. The van der Waals surface area contributed by atoms with Crippen LogP contribution in [0.4, 0.5) is 5.69 Å². The van der Waals surface area contributed by atoms with E-state index in [4.69, 9.17) is 0 Å². The van der Waals surface area contributed by atoms with Gasteiger partial charge < -0.3 is 14.9 Å². The first-order chi connectivity index (χ1) is 13.2. The van der Waals surface area contributed by atoms with Crippen molar-refractivity contribution in [1.29, 1.82) is 0 Å². The molecule has 6 heteroatoms. The fraction of sp³-hybridized carbons (Fsp3) is 0.0952. The summed E-state index contributed by atoms with van der Waals surface area (Å²) in [7, 11) is 0. The molecule has 27 heavy (non-hydrogen) atoms. The average molecular weight is 358 g/mol. The first-order valence-corrected chi connectivity index (χ1v) is 8.70. The second-order valence-electron chi connectivity index (χ2n) is 6.17. The van der Waals surface area contributed by atoms with Crippen LogP contribution in [0.2, 0.25) is 0 Å². The van der Waals surface area contributed by atoms with Gasteiger partial charge >= 0.3 is 0 Å². The van der Waals surface area contributed by atoms with Crippen LogP contribution in [-0.4, -0.2) is 20.4 Å². The third-order valence-corrected chi connectivity index (χ3v) is 4.46. The number of benzene rings is 2. The zero-order valence-corrected chi connectivity index (χ0v) is 14.8. The molecular weight excluding hydrogens is 340 g/mol. The van der Waals surface area contributed by atoms with Crippen LogP contribution in [0.1, 0.15) is 17.3 Å². The monoisotopic (exact) mass is 358 g/mol. The molecule has 0 bridgehead atoms. The van der Waals surface area contributed by atoms with Crippen LogP contribution in [0.25, 0.3) is 22.3 Å². The lowest BCUT2D eigenvalue weighted by atomic mass is 10.1. The van der Waals surface area contributed by atoms with Gasteiger partial charge in [-0.2, -0.15) is 0 Å². The lowest BCUT2D eigenvalue weighted by Gasteiger charge is -2.07. The van der Waals surface area contributed by atoms with Gasteiger partial charge in [0.15, 0.2) is 0 Å². The van der Waals surface area contributed by atoms with Crippen molar-refractivity contribution in [2.45, 2.75) is 13.5 Å². The molecule has 0 atom stereocenters. The van der Waals surface area contributed by atoms with Crippen molar-refractivity contribution in [1.82, 2.24) is 14.5 Å². The highest BCUT2D eigenvalue weighted by atomic mass is 16.2. The summed E-state index contributed by atoms with van der Waals surface area (Å²) >= 11 is 0. The molecule has 0 unspecified atom stereocenters. The average Bonchev–Trinajstić information content (AvgIpc) is 3.10. The van der Waals surface area contributed by atoms with Gasteiger partial charge in [-0.3, -0.25) is 9.59 Å². The molecule has 134 valence electrons. The molecule has 2 aromatic heterocycles. The Morgan fingerprint density at radius 1 is 1.11 bits per heavy atom. The second kappa shape index (κ2) is 6.92. The van der Waals surface area contributed by atoms with Gasteiger partial charge in [-0.1, -0.05) is 30.3 Å². The summed E-state index contributed by atoms with van der Waals surface area (Å²) in [5.74, 6) is -0.454. The Morgan fingerprint density at radius 2 is 1.93 bits per heavy atom. The number of H-pyrrole nitrogens is 1. The van der Waals surface area contributed by atoms with E-state index in [-0.39, 0.29) is 5.56 Å². The Labute approximate surface area is 155 Å². The number of pyridine rings is 1. The van der Waals surface area contributed by atoms with E-state index in [2.05, 4.69) is 15.3 Å². The number of hydrogen-bond acceptors (Lipinski definition) is 3. The first kappa shape index (κ1) is 16.8. The maximum atomic E-state index is 12.5. The van der Waals surface area contributed by atoms with Crippen molar-refractivity contribution in [2.24, 2.45) is 0 Å². The molecule has 0 fully saturated rings. The van der Waals surface area contributed by atoms with Crippen LogP contribution >= 0.6 is 0 Å². The van der Waals surface area contributed by atoms with E-state index in [9.17, 15) is 9.59 Å². The van der Waals surface area contributed by atoms with Crippen molar-refractivity contribution < 1.29 is 4.79 Å². The van der Waals surface area contributed by atoms with E-state index < -0.39 is 11.5 Å². The Balaban J connectivity index is 1.59. The fourth-order valence-electron chi connectivity index (χ4n) is 3.03. The SMILES string of the molecule is CCn1cnc2cc(NC(=O)c3ccc(-c4ccccc4)[nH]c3=O)ccc21. The highest BCUT2D eigenvalue weighted by molar-refractivity contribution is 6.04. The first-order valence-electron chi connectivity index (χ1n) is 8.70. The minimum absolute atomic E-state index is 0.0638. The number of imidazole rings is 1. The van der Waals surface area contributed by atoms with Gasteiger partial charge in [-0.05, 0) is 42.8 Å². The topological polar surface area (TPSA) is 79.8 Å². The van der Waals surface area contributed by atoms with Gasteiger partial charge in [0.05, 0.1) is 17.4 Å². The predicted molar refractivity (Wildman–Crippen MR) is 106 cm³/mol. The van der Waals surface area contributed by atoms with E-state index in [1.165, 1.54) is 0 Å². The van der Waals surface area contributed by atoms with Gasteiger partial charge in [0.1, 0.15) is 5.56 Å². The number of nitrogens with one attached hydrogen (secondary N) is 2. The molecule has 4 rings (SSSR count). The number of nitrogens with zero attached hydrogens (tertiary/aromatic N) is 2. The van der Waals surface area contributed by atoms with Gasteiger partial charge in [0.2, 0.25) is 0 Å². The van der Waals surface area contributed by atoms with Crippen LogP contribution in [0.3, 0.4) is 0 Å². The molecule has 4 aromatic rings.